The predicted molar refractivity (Wildman–Crippen MR) is 105 cm³/mol. The van der Waals surface area contributed by atoms with E-state index in [9.17, 15) is 18.4 Å². The largest absolute Gasteiger partial charge is 0.434 e. The van der Waals surface area contributed by atoms with Crippen molar-refractivity contribution in [1.82, 2.24) is 10.2 Å². The highest BCUT2D eigenvalue weighted by Gasteiger charge is 2.28. The number of piperidine rings is 1. The van der Waals surface area contributed by atoms with E-state index in [2.05, 4.69) is 10.1 Å². The van der Waals surface area contributed by atoms with Gasteiger partial charge in [-0.3, -0.25) is 9.59 Å². The molecule has 9 heteroatoms. The summed E-state index contributed by atoms with van der Waals surface area (Å²) in [6.45, 7) is 1.64. The fourth-order valence-corrected chi connectivity index (χ4v) is 3.45. The van der Waals surface area contributed by atoms with Gasteiger partial charge in [0.05, 0.1) is 0 Å². The fourth-order valence-electron chi connectivity index (χ4n) is 3.45. The van der Waals surface area contributed by atoms with Crippen molar-refractivity contribution in [2.45, 2.75) is 52.2 Å². The lowest BCUT2D eigenvalue weighted by atomic mass is 9.99. The first-order valence-electron chi connectivity index (χ1n) is 9.17. The summed E-state index contributed by atoms with van der Waals surface area (Å²) >= 11 is 0. The zero-order chi connectivity index (χ0) is 20.0. The fraction of sp³-hybridized carbons (Fsp3) is 0.579. The minimum absolute atomic E-state index is 0. The number of hydrogen-bond acceptors (Lipinski definition) is 4. The van der Waals surface area contributed by atoms with Crippen molar-refractivity contribution in [3.8, 4) is 5.75 Å². The summed E-state index contributed by atoms with van der Waals surface area (Å²) in [5, 5.41) is 2.83. The van der Waals surface area contributed by atoms with Gasteiger partial charge in [0.2, 0.25) is 5.91 Å². The highest BCUT2D eigenvalue weighted by Crippen LogP contribution is 2.28. The van der Waals surface area contributed by atoms with E-state index in [0.29, 0.717) is 29.8 Å². The molecule has 1 heterocycles. The standard InChI is InChI=1S/C19H27F2N3O3.ClH/c1-12-9-14(10-13(2)17(12)27-19(20)21)18(26)24-8-4-3-5-15(24)11-23-16(25)6-7-22;/h9-10,15,19H,3-8,11,22H2,1-2H3,(H,23,25);1H. The molecule has 1 fully saturated rings. The number of carbonyl (C=O) groups is 2. The first-order chi connectivity index (χ1) is 12.8. The molecule has 1 aliphatic heterocycles. The molecule has 1 unspecified atom stereocenters. The molecule has 0 aliphatic carbocycles. The van der Waals surface area contributed by atoms with Gasteiger partial charge in [0.25, 0.3) is 5.91 Å². The van der Waals surface area contributed by atoms with Crippen LogP contribution in [0.4, 0.5) is 8.78 Å². The van der Waals surface area contributed by atoms with Gasteiger partial charge in [-0.05, 0) is 56.4 Å². The third kappa shape index (κ3) is 6.31. The van der Waals surface area contributed by atoms with Crippen LogP contribution in [0.25, 0.3) is 0 Å². The minimum atomic E-state index is -2.91. The zero-order valence-electron chi connectivity index (χ0n) is 16.2. The van der Waals surface area contributed by atoms with Crippen molar-refractivity contribution < 1.29 is 23.1 Å². The Hall–Kier alpha value is -1.93. The number of aryl methyl sites for hydroxylation is 2. The normalized spacial score (nSPS) is 16.5. The number of nitrogens with one attached hydrogen (secondary N) is 1. The first-order valence-corrected chi connectivity index (χ1v) is 9.17. The Bertz CT molecular complexity index is 665. The second-order valence-electron chi connectivity index (χ2n) is 6.81. The molecule has 1 aromatic rings. The number of benzene rings is 1. The maximum absolute atomic E-state index is 13.0. The van der Waals surface area contributed by atoms with Gasteiger partial charge in [-0.1, -0.05) is 0 Å². The van der Waals surface area contributed by atoms with Crippen molar-refractivity contribution in [2.75, 3.05) is 19.6 Å². The summed E-state index contributed by atoms with van der Waals surface area (Å²) in [7, 11) is 0. The summed E-state index contributed by atoms with van der Waals surface area (Å²) in [5.74, 6) is -0.191. The van der Waals surface area contributed by atoms with Gasteiger partial charge in [-0.25, -0.2) is 0 Å². The average molecular weight is 420 g/mol. The molecular formula is C19H28ClF2N3O3. The Morgan fingerprint density at radius 1 is 1.29 bits per heavy atom. The van der Waals surface area contributed by atoms with E-state index >= 15 is 0 Å². The Kier molecular flexibility index (Phi) is 9.61. The van der Waals surface area contributed by atoms with Crippen molar-refractivity contribution in [3.63, 3.8) is 0 Å². The molecule has 0 radical (unpaired) electrons. The second-order valence-corrected chi connectivity index (χ2v) is 6.81. The van der Waals surface area contributed by atoms with Gasteiger partial charge < -0.3 is 20.7 Å². The van der Waals surface area contributed by atoms with Crippen LogP contribution in [0.3, 0.4) is 0 Å². The number of nitrogens with zero attached hydrogens (tertiary/aromatic N) is 1. The van der Waals surface area contributed by atoms with Crippen molar-refractivity contribution in [3.05, 3.63) is 28.8 Å². The molecule has 0 bridgehead atoms. The third-order valence-electron chi connectivity index (χ3n) is 4.71. The van der Waals surface area contributed by atoms with E-state index in [0.717, 1.165) is 19.3 Å². The van der Waals surface area contributed by atoms with E-state index in [1.54, 1.807) is 30.9 Å². The van der Waals surface area contributed by atoms with Crippen LogP contribution in [-0.2, 0) is 4.79 Å². The maximum atomic E-state index is 13.0. The summed E-state index contributed by atoms with van der Waals surface area (Å²) in [4.78, 5) is 26.5. The molecule has 0 spiro atoms. The number of carbonyl (C=O) groups excluding carboxylic acids is 2. The van der Waals surface area contributed by atoms with Crippen LogP contribution in [0.5, 0.6) is 5.75 Å². The number of hydrogen-bond donors (Lipinski definition) is 2. The Morgan fingerprint density at radius 2 is 1.93 bits per heavy atom. The SMILES string of the molecule is Cc1cc(C(=O)N2CCCCC2CNC(=O)CCN)cc(C)c1OC(F)F.Cl. The molecule has 1 saturated heterocycles. The van der Waals surface area contributed by atoms with E-state index in [1.165, 1.54) is 0 Å². The smallest absolute Gasteiger partial charge is 0.387 e. The Morgan fingerprint density at radius 3 is 2.50 bits per heavy atom. The van der Waals surface area contributed by atoms with Crippen LogP contribution in [0.1, 0.15) is 47.2 Å². The molecule has 2 amide bonds. The van der Waals surface area contributed by atoms with Crippen LogP contribution in [0.15, 0.2) is 12.1 Å². The quantitative estimate of drug-likeness (QED) is 0.711. The monoisotopic (exact) mass is 419 g/mol. The highest BCUT2D eigenvalue weighted by molar-refractivity contribution is 5.95. The van der Waals surface area contributed by atoms with Crippen molar-refractivity contribution in [1.29, 1.82) is 0 Å². The van der Waals surface area contributed by atoms with Gasteiger partial charge in [-0.15, -0.1) is 12.4 Å². The molecule has 158 valence electrons. The molecule has 1 atom stereocenters. The average Bonchev–Trinajstić information content (AvgIpc) is 2.62. The van der Waals surface area contributed by atoms with E-state index in [-0.39, 0.29) is 49.0 Å². The molecule has 1 aromatic carbocycles. The van der Waals surface area contributed by atoms with E-state index in [1.807, 2.05) is 0 Å². The van der Waals surface area contributed by atoms with Crippen molar-refractivity contribution in [2.24, 2.45) is 5.73 Å². The summed E-state index contributed by atoms with van der Waals surface area (Å²) in [5.41, 5.74) is 6.79. The number of likely N-dealkylation sites (tertiary alicyclic amines) is 1. The number of alkyl halides is 2. The summed E-state index contributed by atoms with van der Waals surface area (Å²) in [6.07, 6.45) is 2.94. The lowest BCUT2D eigenvalue weighted by Crippen LogP contribution is -2.49. The van der Waals surface area contributed by atoms with Crippen molar-refractivity contribution >= 4 is 24.2 Å². The van der Waals surface area contributed by atoms with Gasteiger partial charge in [0.1, 0.15) is 5.75 Å². The van der Waals surface area contributed by atoms with Crippen LogP contribution in [0, 0.1) is 13.8 Å². The Labute approximate surface area is 170 Å². The lowest BCUT2D eigenvalue weighted by molar-refractivity contribution is -0.121. The molecule has 2 rings (SSSR count). The second kappa shape index (κ2) is 11.2. The molecule has 0 saturated carbocycles. The summed E-state index contributed by atoms with van der Waals surface area (Å²) in [6, 6.07) is 3.06. The molecule has 3 N–H and O–H groups in total. The van der Waals surface area contributed by atoms with Gasteiger partial charge in [-0.2, -0.15) is 8.78 Å². The van der Waals surface area contributed by atoms with E-state index in [4.69, 9.17) is 5.73 Å². The number of halogens is 3. The number of amides is 2. The molecular weight excluding hydrogens is 392 g/mol. The number of ether oxygens (including phenoxy) is 1. The zero-order valence-corrected chi connectivity index (χ0v) is 17.0. The predicted octanol–water partition coefficient (Wildman–Crippen LogP) is 2.79. The van der Waals surface area contributed by atoms with Gasteiger partial charge in [0, 0.05) is 37.7 Å². The maximum Gasteiger partial charge on any atom is 0.387 e. The highest BCUT2D eigenvalue weighted by atomic mass is 35.5. The third-order valence-corrected chi connectivity index (χ3v) is 4.71. The molecule has 0 aromatic heterocycles. The first kappa shape index (κ1) is 24.1. The minimum Gasteiger partial charge on any atom is -0.434 e. The number of nitrogens with two attached hydrogens (primary N) is 1. The lowest BCUT2D eigenvalue weighted by Gasteiger charge is -2.36. The van der Waals surface area contributed by atoms with Crippen LogP contribution in [0.2, 0.25) is 0 Å². The number of rotatable bonds is 7. The van der Waals surface area contributed by atoms with Crippen LogP contribution < -0.4 is 15.8 Å². The van der Waals surface area contributed by atoms with Gasteiger partial charge >= 0.3 is 6.61 Å². The molecule has 1 aliphatic rings. The van der Waals surface area contributed by atoms with E-state index < -0.39 is 6.61 Å². The van der Waals surface area contributed by atoms with Gasteiger partial charge in [0.15, 0.2) is 0 Å². The van der Waals surface area contributed by atoms with Crippen LogP contribution >= 0.6 is 12.4 Å². The molecule has 6 nitrogen and oxygen atoms in total. The van der Waals surface area contributed by atoms with Crippen LogP contribution in [-0.4, -0.2) is 49.0 Å². The molecule has 28 heavy (non-hydrogen) atoms. The Balaban J connectivity index is 0.00000392. The summed E-state index contributed by atoms with van der Waals surface area (Å²) < 4.78 is 29.6. The topological polar surface area (TPSA) is 84.7 Å².